The monoisotopic (exact) mass is 262 g/mol. The van der Waals surface area contributed by atoms with Crippen molar-refractivity contribution in [3.05, 3.63) is 41.7 Å². The highest BCUT2D eigenvalue weighted by Crippen LogP contribution is 2.16. The van der Waals surface area contributed by atoms with Gasteiger partial charge in [-0.1, -0.05) is 12.1 Å². The summed E-state index contributed by atoms with van der Waals surface area (Å²) in [7, 11) is 1.59. The normalized spacial score (nSPS) is 19.3. The molecule has 0 saturated carbocycles. The number of rotatable bonds is 4. The molecule has 4 nitrogen and oxygen atoms in total. The maximum absolute atomic E-state index is 11.9. The quantitative estimate of drug-likeness (QED) is 0.618. The van der Waals surface area contributed by atoms with Gasteiger partial charge in [-0.15, -0.1) is 0 Å². The van der Waals surface area contributed by atoms with Crippen LogP contribution >= 0.6 is 0 Å². The Balaban J connectivity index is 1.93. The average molecular weight is 262 g/mol. The minimum absolute atomic E-state index is 0.339. The summed E-state index contributed by atoms with van der Waals surface area (Å²) >= 11 is 0. The Morgan fingerprint density at radius 2 is 2.11 bits per heavy atom. The van der Waals surface area contributed by atoms with Gasteiger partial charge in [0.1, 0.15) is 0 Å². The zero-order valence-electron chi connectivity index (χ0n) is 11.0. The third kappa shape index (κ3) is 4.10. The van der Waals surface area contributed by atoms with Crippen molar-refractivity contribution in [3.8, 4) is 0 Å². The van der Waals surface area contributed by atoms with Crippen molar-refractivity contribution in [2.75, 3.05) is 13.7 Å². The number of hydrogen-bond acceptors (Lipinski definition) is 4. The molecule has 1 atom stereocenters. The minimum atomic E-state index is -0.394. The van der Waals surface area contributed by atoms with Crippen molar-refractivity contribution < 1.29 is 19.0 Å². The number of carbonyl (C=O) groups excluding carboxylic acids is 1. The average Bonchev–Trinajstić information content (AvgIpc) is 2.46. The lowest BCUT2D eigenvalue weighted by atomic mass is 10.1. The molecule has 1 unspecified atom stereocenters. The number of carbonyl (C=O) groups is 1. The van der Waals surface area contributed by atoms with Crippen molar-refractivity contribution >= 4 is 12.0 Å². The fourth-order valence-electron chi connectivity index (χ4n) is 1.87. The number of hydrogen-bond donors (Lipinski definition) is 0. The lowest BCUT2D eigenvalue weighted by molar-refractivity contribution is -0.130. The van der Waals surface area contributed by atoms with Crippen LogP contribution in [0.15, 0.2) is 30.5 Å². The molecule has 1 aliphatic rings. The van der Waals surface area contributed by atoms with Crippen molar-refractivity contribution in [1.29, 1.82) is 0 Å². The molecule has 0 amide bonds. The van der Waals surface area contributed by atoms with Crippen molar-refractivity contribution in [1.82, 2.24) is 0 Å². The van der Waals surface area contributed by atoms with E-state index in [1.54, 1.807) is 25.5 Å². The molecule has 2 rings (SSSR count). The van der Waals surface area contributed by atoms with Crippen molar-refractivity contribution in [2.24, 2.45) is 0 Å². The SMILES string of the molecule is COC=Cc1ccc(C(=O)OC2CCCCO2)cc1. The van der Waals surface area contributed by atoms with E-state index in [1.165, 1.54) is 0 Å². The van der Waals surface area contributed by atoms with E-state index in [4.69, 9.17) is 14.2 Å². The van der Waals surface area contributed by atoms with Gasteiger partial charge < -0.3 is 14.2 Å². The molecule has 102 valence electrons. The van der Waals surface area contributed by atoms with Crippen LogP contribution in [0.1, 0.15) is 35.2 Å². The summed E-state index contributed by atoms with van der Waals surface area (Å²) in [6.45, 7) is 0.665. The van der Waals surface area contributed by atoms with E-state index in [1.807, 2.05) is 18.2 Å². The number of esters is 1. The van der Waals surface area contributed by atoms with Gasteiger partial charge in [0.05, 0.1) is 25.5 Å². The van der Waals surface area contributed by atoms with Crippen molar-refractivity contribution in [2.45, 2.75) is 25.6 Å². The van der Waals surface area contributed by atoms with E-state index >= 15 is 0 Å². The Morgan fingerprint density at radius 1 is 1.32 bits per heavy atom. The molecule has 1 aromatic rings. The molecule has 1 aliphatic heterocycles. The molecule has 1 fully saturated rings. The molecule has 0 bridgehead atoms. The number of benzene rings is 1. The number of ether oxygens (including phenoxy) is 3. The first kappa shape index (κ1) is 13.6. The van der Waals surface area contributed by atoms with Crippen LogP contribution in [0.5, 0.6) is 0 Å². The second-order valence-corrected chi connectivity index (χ2v) is 4.36. The highest BCUT2D eigenvalue weighted by atomic mass is 16.7. The molecule has 1 aromatic carbocycles. The molecule has 0 N–H and O–H groups in total. The zero-order valence-corrected chi connectivity index (χ0v) is 11.0. The zero-order chi connectivity index (χ0) is 13.5. The first-order valence-electron chi connectivity index (χ1n) is 6.41. The summed E-state index contributed by atoms with van der Waals surface area (Å²) in [5.74, 6) is -0.339. The second-order valence-electron chi connectivity index (χ2n) is 4.36. The van der Waals surface area contributed by atoms with E-state index in [0.717, 1.165) is 24.8 Å². The van der Waals surface area contributed by atoms with Gasteiger partial charge in [-0.25, -0.2) is 4.79 Å². The molecule has 1 heterocycles. The van der Waals surface area contributed by atoms with E-state index in [-0.39, 0.29) is 5.97 Å². The highest BCUT2D eigenvalue weighted by molar-refractivity contribution is 5.89. The van der Waals surface area contributed by atoms with Gasteiger partial charge in [0, 0.05) is 6.42 Å². The second kappa shape index (κ2) is 6.95. The maximum Gasteiger partial charge on any atom is 0.340 e. The predicted octanol–water partition coefficient (Wildman–Crippen LogP) is 2.99. The summed E-state index contributed by atoms with van der Waals surface area (Å²) in [5.41, 5.74) is 1.50. The van der Waals surface area contributed by atoms with Crippen LogP contribution in [0.25, 0.3) is 6.08 Å². The van der Waals surface area contributed by atoms with Crippen LogP contribution in [0.2, 0.25) is 0 Å². The molecule has 0 radical (unpaired) electrons. The van der Waals surface area contributed by atoms with Crippen LogP contribution in [0.3, 0.4) is 0 Å². The summed E-state index contributed by atoms with van der Waals surface area (Å²) in [4.78, 5) is 11.9. The predicted molar refractivity (Wildman–Crippen MR) is 71.5 cm³/mol. The topological polar surface area (TPSA) is 44.8 Å². The molecule has 0 aromatic heterocycles. The third-order valence-electron chi connectivity index (χ3n) is 2.92. The lowest BCUT2D eigenvalue weighted by Crippen LogP contribution is -2.25. The van der Waals surface area contributed by atoms with E-state index in [0.29, 0.717) is 12.2 Å². The van der Waals surface area contributed by atoms with E-state index in [9.17, 15) is 4.79 Å². The van der Waals surface area contributed by atoms with Gasteiger partial charge in [-0.2, -0.15) is 0 Å². The Labute approximate surface area is 113 Å². The lowest BCUT2D eigenvalue weighted by Gasteiger charge is -2.22. The molecular formula is C15H18O4. The molecule has 1 saturated heterocycles. The van der Waals surface area contributed by atoms with Gasteiger partial charge in [-0.3, -0.25) is 0 Å². The van der Waals surface area contributed by atoms with Gasteiger partial charge in [0.2, 0.25) is 6.29 Å². The van der Waals surface area contributed by atoms with Gasteiger partial charge in [0.15, 0.2) is 0 Å². The van der Waals surface area contributed by atoms with E-state index in [2.05, 4.69) is 0 Å². The summed E-state index contributed by atoms with van der Waals surface area (Å²) in [5, 5.41) is 0. The fraction of sp³-hybridized carbons (Fsp3) is 0.400. The molecule has 4 heteroatoms. The largest absolute Gasteiger partial charge is 0.504 e. The first-order chi connectivity index (χ1) is 9.29. The number of methoxy groups -OCH3 is 1. The Hall–Kier alpha value is -1.81. The molecular weight excluding hydrogens is 244 g/mol. The Morgan fingerprint density at radius 3 is 2.74 bits per heavy atom. The van der Waals surface area contributed by atoms with Crippen LogP contribution in [0.4, 0.5) is 0 Å². The smallest absolute Gasteiger partial charge is 0.340 e. The van der Waals surface area contributed by atoms with Crippen LogP contribution in [0, 0.1) is 0 Å². The van der Waals surface area contributed by atoms with E-state index < -0.39 is 6.29 Å². The first-order valence-corrected chi connectivity index (χ1v) is 6.41. The summed E-state index contributed by atoms with van der Waals surface area (Å²) in [6.07, 6.45) is 5.87. The van der Waals surface area contributed by atoms with Crippen LogP contribution in [-0.4, -0.2) is 26.0 Å². The molecule has 19 heavy (non-hydrogen) atoms. The van der Waals surface area contributed by atoms with Crippen LogP contribution in [-0.2, 0) is 14.2 Å². The van der Waals surface area contributed by atoms with Crippen LogP contribution < -0.4 is 0 Å². The highest BCUT2D eigenvalue weighted by Gasteiger charge is 2.18. The minimum Gasteiger partial charge on any atom is -0.504 e. The summed E-state index contributed by atoms with van der Waals surface area (Å²) < 4.78 is 15.5. The maximum atomic E-state index is 11.9. The summed E-state index contributed by atoms with van der Waals surface area (Å²) in [6, 6.07) is 7.16. The molecule has 0 spiro atoms. The Bertz CT molecular complexity index is 430. The third-order valence-corrected chi connectivity index (χ3v) is 2.92. The van der Waals surface area contributed by atoms with Gasteiger partial charge in [0.25, 0.3) is 0 Å². The van der Waals surface area contributed by atoms with Gasteiger partial charge in [-0.05, 0) is 36.6 Å². The fourth-order valence-corrected chi connectivity index (χ4v) is 1.87. The van der Waals surface area contributed by atoms with Crippen molar-refractivity contribution in [3.63, 3.8) is 0 Å². The van der Waals surface area contributed by atoms with Gasteiger partial charge >= 0.3 is 5.97 Å². The standard InChI is InChI=1S/C15H18O4/c1-17-11-9-12-5-7-13(8-6-12)15(16)19-14-4-2-3-10-18-14/h5-9,11,14H,2-4,10H2,1H3. The Kier molecular flexibility index (Phi) is 4.98. The molecule has 0 aliphatic carbocycles.